The van der Waals surface area contributed by atoms with Crippen molar-refractivity contribution >= 4 is 23.6 Å². The molecule has 0 aromatic carbocycles. The second-order valence-corrected chi connectivity index (χ2v) is 9.74. The number of carbonyl (C=O) groups is 4. The number of hydrogen-bond acceptors (Lipinski definition) is 6. The summed E-state index contributed by atoms with van der Waals surface area (Å²) in [5.41, 5.74) is 0. The lowest BCUT2D eigenvalue weighted by molar-refractivity contribution is -0.136. The molecule has 0 unspecified atom stereocenters. The Kier molecular flexibility index (Phi) is 23.6. The number of rotatable bonds is 25. The van der Waals surface area contributed by atoms with Gasteiger partial charge in [0.05, 0.1) is 26.4 Å². The molecule has 10 nitrogen and oxygen atoms in total. The molecule has 0 bridgehead atoms. The van der Waals surface area contributed by atoms with E-state index in [1.165, 1.54) is 38.5 Å². The Balaban J connectivity index is 3.62. The minimum absolute atomic E-state index is 0.152. The van der Waals surface area contributed by atoms with E-state index >= 15 is 0 Å². The highest BCUT2D eigenvalue weighted by atomic mass is 16.5. The summed E-state index contributed by atoms with van der Waals surface area (Å²) >= 11 is 0. The van der Waals surface area contributed by atoms with Crippen LogP contribution in [-0.2, 0) is 28.7 Å². The van der Waals surface area contributed by atoms with Gasteiger partial charge in [-0.15, -0.1) is 0 Å². The van der Waals surface area contributed by atoms with Crippen LogP contribution in [0.1, 0.15) is 90.9 Å². The topological polar surface area (TPSA) is 117 Å². The number of hydrogen-bond donors (Lipinski definition) is 2. The third-order valence-corrected chi connectivity index (χ3v) is 6.18. The number of nitrogens with one attached hydrogen (secondary N) is 2. The largest absolute Gasteiger partial charge is 0.377 e. The zero-order valence-electron chi connectivity index (χ0n) is 24.5. The molecule has 0 aliphatic carbocycles. The monoisotopic (exact) mass is 542 g/mol. The van der Waals surface area contributed by atoms with Gasteiger partial charge in [0.15, 0.2) is 0 Å². The summed E-state index contributed by atoms with van der Waals surface area (Å²) in [6.07, 6.45) is 11.0. The molecular weight excluding hydrogens is 488 g/mol. The number of unbranched alkanes of at least 4 members (excludes halogenated alkanes) is 8. The summed E-state index contributed by atoms with van der Waals surface area (Å²) in [5, 5.41) is 5.38. The van der Waals surface area contributed by atoms with Crippen LogP contribution in [0, 0.1) is 0 Å². The first-order valence-electron chi connectivity index (χ1n) is 14.5. The van der Waals surface area contributed by atoms with E-state index < -0.39 is 0 Å². The maximum absolute atomic E-state index is 12.1. The van der Waals surface area contributed by atoms with E-state index in [4.69, 9.17) is 9.47 Å². The van der Waals surface area contributed by atoms with Gasteiger partial charge in [-0.25, -0.2) is 0 Å². The predicted molar refractivity (Wildman–Crippen MR) is 150 cm³/mol. The first kappa shape index (κ1) is 35.8. The van der Waals surface area contributed by atoms with Crippen molar-refractivity contribution in [2.75, 3.05) is 66.7 Å². The summed E-state index contributed by atoms with van der Waals surface area (Å²) in [4.78, 5) is 51.3. The zero-order valence-corrected chi connectivity index (χ0v) is 24.5. The summed E-state index contributed by atoms with van der Waals surface area (Å²) < 4.78 is 10.8. The lowest BCUT2D eigenvalue weighted by Crippen LogP contribution is -2.35. The Morgan fingerprint density at radius 1 is 0.553 bits per heavy atom. The number of nitrogens with zero attached hydrogens (tertiary/aromatic N) is 2. The van der Waals surface area contributed by atoms with Crippen molar-refractivity contribution in [3.05, 3.63) is 0 Å². The molecule has 0 saturated carbocycles. The molecule has 0 aromatic rings. The van der Waals surface area contributed by atoms with E-state index in [1.807, 2.05) is 0 Å². The van der Waals surface area contributed by atoms with Crippen molar-refractivity contribution in [3.63, 3.8) is 0 Å². The molecule has 2 N–H and O–H groups in total. The van der Waals surface area contributed by atoms with Crippen molar-refractivity contribution in [1.82, 2.24) is 20.4 Å². The van der Waals surface area contributed by atoms with Crippen LogP contribution in [0.3, 0.4) is 0 Å². The smallest absolute Gasteiger partial charge is 0.231 e. The van der Waals surface area contributed by atoms with Gasteiger partial charge in [0, 0.05) is 40.3 Å². The number of ether oxygens (including phenoxy) is 2. The molecule has 0 aliphatic heterocycles. The van der Waals surface area contributed by atoms with Crippen LogP contribution in [0.5, 0.6) is 0 Å². The predicted octanol–water partition coefficient (Wildman–Crippen LogP) is 2.89. The summed E-state index contributed by atoms with van der Waals surface area (Å²) in [6.45, 7) is 7.68. The SMILES string of the molecule is CCCCCCCN(C)C(=O)CC(=O)NCCOCCOCCNC(=O)CC(=O)N(C)CCCCCCC. The molecule has 0 atom stereocenters. The van der Waals surface area contributed by atoms with Gasteiger partial charge in [-0.1, -0.05) is 65.2 Å². The van der Waals surface area contributed by atoms with E-state index in [0.29, 0.717) is 52.6 Å². The van der Waals surface area contributed by atoms with Crippen LogP contribution < -0.4 is 10.6 Å². The van der Waals surface area contributed by atoms with E-state index in [1.54, 1.807) is 23.9 Å². The van der Waals surface area contributed by atoms with E-state index in [9.17, 15) is 19.2 Å². The van der Waals surface area contributed by atoms with Gasteiger partial charge < -0.3 is 29.9 Å². The average Bonchev–Trinajstić information content (AvgIpc) is 2.89. The maximum Gasteiger partial charge on any atom is 0.231 e. The average molecular weight is 543 g/mol. The van der Waals surface area contributed by atoms with Crippen LogP contribution in [0.15, 0.2) is 0 Å². The fourth-order valence-electron chi connectivity index (χ4n) is 3.67. The van der Waals surface area contributed by atoms with Crippen LogP contribution in [0.4, 0.5) is 0 Å². The van der Waals surface area contributed by atoms with Crippen molar-refractivity contribution < 1.29 is 28.7 Å². The van der Waals surface area contributed by atoms with Crippen LogP contribution in [0.2, 0.25) is 0 Å². The van der Waals surface area contributed by atoms with Gasteiger partial charge in [0.2, 0.25) is 23.6 Å². The molecule has 0 rings (SSSR count). The van der Waals surface area contributed by atoms with E-state index in [0.717, 1.165) is 25.7 Å². The summed E-state index contributed by atoms with van der Waals surface area (Å²) in [6, 6.07) is 0. The van der Waals surface area contributed by atoms with Gasteiger partial charge in [-0.05, 0) is 12.8 Å². The Bertz CT molecular complexity index is 593. The van der Waals surface area contributed by atoms with Crippen molar-refractivity contribution in [2.24, 2.45) is 0 Å². The van der Waals surface area contributed by atoms with Gasteiger partial charge in [-0.3, -0.25) is 19.2 Å². The fraction of sp³-hybridized carbons (Fsp3) is 0.857. The minimum atomic E-state index is -0.305. The Morgan fingerprint density at radius 3 is 1.29 bits per heavy atom. The second-order valence-electron chi connectivity index (χ2n) is 9.74. The normalized spacial score (nSPS) is 10.7. The molecule has 222 valence electrons. The minimum Gasteiger partial charge on any atom is -0.377 e. The highest BCUT2D eigenvalue weighted by Crippen LogP contribution is 2.05. The first-order valence-corrected chi connectivity index (χ1v) is 14.5. The fourth-order valence-corrected chi connectivity index (χ4v) is 3.67. The molecule has 0 saturated heterocycles. The van der Waals surface area contributed by atoms with E-state index in [-0.39, 0.29) is 36.5 Å². The Hall–Kier alpha value is -2.20. The lowest BCUT2D eigenvalue weighted by atomic mass is 10.1. The molecule has 0 aliphatic rings. The maximum atomic E-state index is 12.1. The molecule has 4 amide bonds. The lowest BCUT2D eigenvalue weighted by Gasteiger charge is -2.17. The molecule has 38 heavy (non-hydrogen) atoms. The van der Waals surface area contributed by atoms with Crippen molar-refractivity contribution in [2.45, 2.75) is 90.9 Å². The molecular formula is C28H54N4O6. The van der Waals surface area contributed by atoms with Gasteiger partial charge in [0.25, 0.3) is 0 Å². The molecule has 0 radical (unpaired) electrons. The molecule has 0 heterocycles. The van der Waals surface area contributed by atoms with Gasteiger partial charge >= 0.3 is 0 Å². The quantitative estimate of drug-likeness (QED) is 0.135. The standard InChI is InChI=1S/C28H54N4O6/c1-5-7-9-11-13-17-31(3)27(35)23-25(33)29-15-19-37-21-22-38-20-16-30-26(34)24-28(36)32(4)18-14-12-10-8-6-2/h5-24H2,1-4H3,(H,29,33)(H,30,34). The summed E-state index contributed by atoms with van der Waals surface area (Å²) in [7, 11) is 3.47. The number of amides is 4. The van der Waals surface area contributed by atoms with Gasteiger partial charge in [0.1, 0.15) is 12.8 Å². The Labute approximate surface area is 230 Å². The highest BCUT2D eigenvalue weighted by molar-refractivity contribution is 5.97. The molecule has 10 heteroatoms. The molecule has 0 fully saturated rings. The highest BCUT2D eigenvalue weighted by Gasteiger charge is 2.14. The van der Waals surface area contributed by atoms with Crippen molar-refractivity contribution in [1.29, 1.82) is 0 Å². The van der Waals surface area contributed by atoms with E-state index in [2.05, 4.69) is 24.5 Å². The van der Waals surface area contributed by atoms with Crippen LogP contribution in [-0.4, -0.2) is 100 Å². The van der Waals surface area contributed by atoms with Crippen LogP contribution >= 0.6 is 0 Å². The zero-order chi connectivity index (χ0) is 28.4. The summed E-state index contributed by atoms with van der Waals surface area (Å²) in [5.74, 6) is -0.956. The first-order chi connectivity index (χ1) is 18.3. The van der Waals surface area contributed by atoms with Crippen LogP contribution in [0.25, 0.3) is 0 Å². The van der Waals surface area contributed by atoms with Gasteiger partial charge in [-0.2, -0.15) is 0 Å². The molecule has 0 aromatic heterocycles. The number of carbonyl (C=O) groups excluding carboxylic acids is 4. The third-order valence-electron chi connectivity index (χ3n) is 6.18. The third kappa shape index (κ3) is 21.8. The molecule has 0 spiro atoms. The second kappa shape index (κ2) is 25.1. The Morgan fingerprint density at radius 2 is 0.921 bits per heavy atom. The van der Waals surface area contributed by atoms with Crippen molar-refractivity contribution in [3.8, 4) is 0 Å².